The number of hydrogen-bond acceptors (Lipinski definition) is 4. The third-order valence-electron chi connectivity index (χ3n) is 3.15. The number of H-pyrrole nitrogens is 1. The Morgan fingerprint density at radius 1 is 1.42 bits per heavy atom. The van der Waals surface area contributed by atoms with Crippen LogP contribution in [0.2, 0.25) is 0 Å². The third-order valence-corrected chi connectivity index (χ3v) is 3.15. The van der Waals surface area contributed by atoms with E-state index in [1.54, 1.807) is 12.1 Å². The Balaban J connectivity index is 1.82. The van der Waals surface area contributed by atoms with Gasteiger partial charge in [-0.3, -0.25) is 9.89 Å². The first-order valence-electron chi connectivity index (χ1n) is 6.11. The van der Waals surface area contributed by atoms with Crippen molar-refractivity contribution in [3.8, 4) is 5.75 Å². The number of nitrogens with zero attached hydrogens (tertiary/aromatic N) is 1. The second-order valence-electron chi connectivity index (χ2n) is 4.46. The first kappa shape index (κ1) is 11.7. The van der Waals surface area contributed by atoms with Gasteiger partial charge in [-0.05, 0) is 18.2 Å². The van der Waals surface area contributed by atoms with E-state index >= 15 is 0 Å². The van der Waals surface area contributed by atoms with Crippen molar-refractivity contribution >= 4 is 11.7 Å². The van der Waals surface area contributed by atoms with E-state index in [4.69, 9.17) is 0 Å². The highest BCUT2D eigenvalue weighted by molar-refractivity contribution is 6.04. The zero-order valence-electron chi connectivity index (χ0n) is 10.2. The molecule has 98 valence electrons. The van der Waals surface area contributed by atoms with Crippen molar-refractivity contribution in [1.29, 1.82) is 0 Å². The number of anilines is 1. The molecule has 1 aliphatic rings. The molecule has 1 aromatic carbocycles. The van der Waals surface area contributed by atoms with Crippen molar-refractivity contribution in [1.82, 2.24) is 15.5 Å². The van der Waals surface area contributed by atoms with Crippen molar-refractivity contribution in [2.75, 3.05) is 11.9 Å². The average molecular weight is 258 g/mol. The normalized spacial score (nSPS) is 13.9. The predicted molar refractivity (Wildman–Crippen MR) is 70.1 cm³/mol. The molecule has 19 heavy (non-hydrogen) atoms. The first-order valence-corrected chi connectivity index (χ1v) is 6.11. The summed E-state index contributed by atoms with van der Waals surface area (Å²) in [6.07, 6.45) is 0.879. The number of hydrogen-bond donors (Lipinski definition) is 4. The lowest BCUT2D eigenvalue weighted by Gasteiger charge is -2.13. The van der Waals surface area contributed by atoms with E-state index in [0.29, 0.717) is 17.9 Å². The number of phenols is 1. The fraction of sp³-hybridized carbons (Fsp3) is 0.231. The molecule has 4 N–H and O–H groups in total. The molecule has 0 unspecified atom stereocenters. The molecule has 0 saturated heterocycles. The summed E-state index contributed by atoms with van der Waals surface area (Å²) in [7, 11) is 0. The molecule has 0 atom stereocenters. The fourth-order valence-corrected chi connectivity index (χ4v) is 2.16. The Labute approximate surface area is 109 Å². The van der Waals surface area contributed by atoms with Crippen molar-refractivity contribution < 1.29 is 9.90 Å². The van der Waals surface area contributed by atoms with Crippen LogP contribution in [-0.2, 0) is 13.0 Å². The molecular formula is C13H14N4O2. The van der Waals surface area contributed by atoms with Gasteiger partial charge >= 0.3 is 0 Å². The quantitative estimate of drug-likeness (QED) is 0.647. The van der Waals surface area contributed by atoms with E-state index < -0.39 is 0 Å². The lowest BCUT2D eigenvalue weighted by Crippen LogP contribution is -2.24. The number of carbonyl (C=O) groups is 1. The minimum atomic E-state index is -0.282. The van der Waals surface area contributed by atoms with Gasteiger partial charge in [0.1, 0.15) is 5.75 Å². The van der Waals surface area contributed by atoms with E-state index in [9.17, 15) is 9.90 Å². The molecule has 0 spiro atoms. The molecular weight excluding hydrogens is 244 g/mol. The van der Waals surface area contributed by atoms with Crippen molar-refractivity contribution in [2.24, 2.45) is 0 Å². The maximum Gasteiger partial charge on any atom is 0.257 e. The van der Waals surface area contributed by atoms with Crippen LogP contribution in [0.5, 0.6) is 5.75 Å². The van der Waals surface area contributed by atoms with E-state index in [2.05, 4.69) is 20.8 Å². The Bertz CT molecular complexity index is 621. The molecule has 1 aromatic heterocycles. The number of aromatic hydroxyl groups is 1. The molecule has 0 radical (unpaired) electrons. The molecule has 0 fully saturated rings. The molecule has 0 aliphatic carbocycles. The number of nitrogens with one attached hydrogen (secondary N) is 3. The molecule has 0 saturated carbocycles. The van der Waals surface area contributed by atoms with Crippen LogP contribution in [0.1, 0.15) is 21.6 Å². The zero-order valence-corrected chi connectivity index (χ0v) is 10.2. The summed E-state index contributed by atoms with van der Waals surface area (Å²) in [6.45, 7) is 1.61. The lowest BCUT2D eigenvalue weighted by atomic mass is 10.1. The molecule has 3 rings (SSSR count). The molecule has 6 heteroatoms. The number of rotatable bonds is 2. The second-order valence-corrected chi connectivity index (χ2v) is 4.46. The van der Waals surface area contributed by atoms with Gasteiger partial charge in [-0.15, -0.1) is 0 Å². The first-order chi connectivity index (χ1) is 9.24. The van der Waals surface area contributed by atoms with Crippen LogP contribution >= 0.6 is 0 Å². The molecule has 1 aliphatic heterocycles. The zero-order chi connectivity index (χ0) is 13.2. The van der Waals surface area contributed by atoms with Crippen molar-refractivity contribution in [2.45, 2.75) is 13.0 Å². The number of fused-ring (bicyclic) bond motifs is 1. The molecule has 2 aromatic rings. The lowest BCUT2D eigenvalue weighted by molar-refractivity contribution is 0.102. The smallest absolute Gasteiger partial charge is 0.257 e. The molecule has 2 heterocycles. The minimum absolute atomic E-state index is 0.0679. The monoisotopic (exact) mass is 258 g/mol. The Kier molecular flexibility index (Phi) is 2.92. The Morgan fingerprint density at radius 2 is 2.32 bits per heavy atom. The van der Waals surface area contributed by atoms with Gasteiger partial charge in [0.15, 0.2) is 5.82 Å². The summed E-state index contributed by atoms with van der Waals surface area (Å²) in [6, 6.07) is 6.22. The van der Waals surface area contributed by atoms with Crippen LogP contribution in [0.25, 0.3) is 0 Å². The van der Waals surface area contributed by atoms with Gasteiger partial charge in [-0.1, -0.05) is 6.07 Å². The highest BCUT2D eigenvalue weighted by Gasteiger charge is 2.18. The average Bonchev–Trinajstić information content (AvgIpc) is 2.82. The largest absolute Gasteiger partial charge is 0.508 e. The van der Waals surface area contributed by atoms with Gasteiger partial charge in [0, 0.05) is 36.3 Å². The maximum absolute atomic E-state index is 12.1. The van der Waals surface area contributed by atoms with Crippen LogP contribution in [-0.4, -0.2) is 27.8 Å². The van der Waals surface area contributed by atoms with E-state index in [0.717, 1.165) is 24.2 Å². The van der Waals surface area contributed by atoms with Crippen LogP contribution in [0, 0.1) is 0 Å². The molecule has 6 nitrogen and oxygen atoms in total. The number of aromatic amines is 1. The van der Waals surface area contributed by atoms with Gasteiger partial charge in [-0.25, -0.2) is 0 Å². The highest BCUT2D eigenvalue weighted by atomic mass is 16.3. The summed E-state index contributed by atoms with van der Waals surface area (Å²) in [4.78, 5) is 12.1. The molecule has 0 bridgehead atoms. The van der Waals surface area contributed by atoms with Crippen LogP contribution < -0.4 is 10.6 Å². The van der Waals surface area contributed by atoms with Gasteiger partial charge in [0.05, 0.1) is 0 Å². The van der Waals surface area contributed by atoms with Crippen LogP contribution in [0.4, 0.5) is 5.82 Å². The highest BCUT2D eigenvalue weighted by Crippen LogP contribution is 2.20. The number of benzene rings is 1. The van der Waals surface area contributed by atoms with Crippen molar-refractivity contribution in [3.05, 3.63) is 41.1 Å². The van der Waals surface area contributed by atoms with Gasteiger partial charge < -0.3 is 15.7 Å². The predicted octanol–water partition coefficient (Wildman–Crippen LogP) is 1.01. The number of amides is 1. The van der Waals surface area contributed by atoms with E-state index in [-0.39, 0.29) is 11.7 Å². The second kappa shape index (κ2) is 4.74. The summed E-state index contributed by atoms with van der Waals surface area (Å²) in [5, 5.41) is 22.4. The summed E-state index contributed by atoms with van der Waals surface area (Å²) in [5.74, 6) is 0.338. The van der Waals surface area contributed by atoms with E-state index in [1.165, 1.54) is 12.1 Å². The maximum atomic E-state index is 12.1. The number of phenolic OH excluding ortho intramolecular Hbond substituents is 1. The van der Waals surface area contributed by atoms with Crippen LogP contribution in [0.15, 0.2) is 24.3 Å². The van der Waals surface area contributed by atoms with Gasteiger partial charge in [0.2, 0.25) is 0 Å². The summed E-state index contributed by atoms with van der Waals surface area (Å²) < 4.78 is 0. The van der Waals surface area contributed by atoms with Gasteiger partial charge in [-0.2, -0.15) is 5.10 Å². The van der Waals surface area contributed by atoms with Crippen LogP contribution in [0.3, 0.4) is 0 Å². The number of aromatic nitrogens is 2. The Hall–Kier alpha value is -2.34. The Morgan fingerprint density at radius 3 is 3.16 bits per heavy atom. The minimum Gasteiger partial charge on any atom is -0.508 e. The molecule has 1 amide bonds. The summed E-state index contributed by atoms with van der Waals surface area (Å²) >= 11 is 0. The summed E-state index contributed by atoms with van der Waals surface area (Å²) in [5.41, 5.74) is 2.46. The SMILES string of the molecule is O=C(Nc1n[nH]c2c1CNCC2)c1cccc(O)c1. The van der Waals surface area contributed by atoms with E-state index in [1.807, 2.05) is 0 Å². The van der Waals surface area contributed by atoms with Crippen molar-refractivity contribution in [3.63, 3.8) is 0 Å². The third kappa shape index (κ3) is 2.30. The topological polar surface area (TPSA) is 90.0 Å². The fourth-order valence-electron chi connectivity index (χ4n) is 2.16. The standard InChI is InChI=1S/C13H14N4O2/c18-9-3-1-2-8(6-9)13(19)15-12-10-7-14-5-4-11(10)16-17-12/h1-3,6,14,18H,4-5,7H2,(H2,15,16,17,19). The number of carbonyl (C=O) groups excluding carboxylic acids is 1. The van der Waals surface area contributed by atoms with Gasteiger partial charge in [0.25, 0.3) is 5.91 Å².